The average Bonchev–Trinajstić information content (AvgIpc) is 3.27. The van der Waals surface area contributed by atoms with Crippen LogP contribution in [0.5, 0.6) is 0 Å². The smallest absolute Gasteiger partial charge is 0.235 e. The van der Waals surface area contributed by atoms with E-state index >= 15 is 0 Å². The summed E-state index contributed by atoms with van der Waals surface area (Å²) in [5, 5.41) is 15.3. The summed E-state index contributed by atoms with van der Waals surface area (Å²) in [4.78, 5) is 4.16. The zero-order chi connectivity index (χ0) is 16.1. The molecule has 1 N–H and O–H groups in total. The van der Waals surface area contributed by atoms with Gasteiger partial charge in [0.05, 0.1) is 5.69 Å². The molecule has 5 aromatic rings. The summed E-state index contributed by atoms with van der Waals surface area (Å²) < 4.78 is 2.83. The van der Waals surface area contributed by atoms with E-state index in [1.54, 1.807) is 4.52 Å². The van der Waals surface area contributed by atoms with Gasteiger partial charge in [0.1, 0.15) is 5.01 Å². The van der Waals surface area contributed by atoms with Crippen molar-refractivity contribution >= 4 is 43.1 Å². The Morgan fingerprint density at radius 2 is 1.92 bits per heavy atom. The molecule has 0 atom stereocenters. The molecule has 0 amide bonds. The lowest BCUT2D eigenvalue weighted by Gasteiger charge is -1.96. The summed E-state index contributed by atoms with van der Waals surface area (Å²) >= 11 is 5.03. The maximum absolute atomic E-state index is 4.70. The van der Waals surface area contributed by atoms with Gasteiger partial charge in [0.25, 0.3) is 0 Å². The first-order valence-corrected chi connectivity index (χ1v) is 8.95. The minimum Gasteiger partial charge on any atom is -0.352 e. The van der Waals surface area contributed by atoms with Crippen molar-refractivity contribution in [3.63, 3.8) is 0 Å². The Hall–Kier alpha value is -2.51. The number of para-hydroxylation sites is 1. The number of nitrogens with zero attached hydrogens (tertiary/aromatic N) is 4. The molecule has 5 nitrogen and oxygen atoms in total. The van der Waals surface area contributed by atoms with Crippen LogP contribution in [0, 0.1) is 0 Å². The Bertz CT molecular complexity index is 1150. The topological polar surface area (TPSA) is 58.9 Å². The van der Waals surface area contributed by atoms with Crippen LogP contribution in [0.25, 0.3) is 38.0 Å². The lowest BCUT2D eigenvalue weighted by atomic mass is 10.2. The van der Waals surface area contributed by atoms with Gasteiger partial charge < -0.3 is 4.98 Å². The van der Waals surface area contributed by atoms with E-state index in [2.05, 4.69) is 43.2 Å². The van der Waals surface area contributed by atoms with Crippen molar-refractivity contribution in [2.75, 3.05) is 0 Å². The Kier molecular flexibility index (Phi) is 3.04. The van der Waals surface area contributed by atoms with E-state index in [0.29, 0.717) is 0 Å². The maximum atomic E-state index is 4.70. The second kappa shape index (κ2) is 5.25. The lowest BCUT2D eigenvalue weighted by Crippen LogP contribution is -1.91. The van der Waals surface area contributed by atoms with Crippen molar-refractivity contribution < 1.29 is 0 Å². The number of aromatic nitrogens is 5. The fourth-order valence-electron chi connectivity index (χ4n) is 2.72. The first kappa shape index (κ1) is 13.9. The van der Waals surface area contributed by atoms with Crippen LogP contribution in [0.15, 0.2) is 59.1 Å². The average molecular weight is 396 g/mol. The van der Waals surface area contributed by atoms with E-state index < -0.39 is 0 Å². The van der Waals surface area contributed by atoms with Gasteiger partial charge in [-0.1, -0.05) is 57.6 Å². The van der Waals surface area contributed by atoms with E-state index in [-0.39, 0.29) is 0 Å². The van der Waals surface area contributed by atoms with Crippen LogP contribution < -0.4 is 0 Å². The van der Waals surface area contributed by atoms with E-state index in [0.717, 1.165) is 42.4 Å². The second-order valence-corrected chi connectivity index (χ2v) is 7.28. The molecule has 0 unspecified atom stereocenters. The van der Waals surface area contributed by atoms with E-state index in [1.807, 2.05) is 42.5 Å². The van der Waals surface area contributed by atoms with Gasteiger partial charge in [0.2, 0.25) is 10.8 Å². The van der Waals surface area contributed by atoms with Gasteiger partial charge in [-0.25, -0.2) is 0 Å². The molecule has 0 aliphatic rings. The van der Waals surface area contributed by atoms with Crippen molar-refractivity contribution in [1.29, 1.82) is 0 Å². The minimum atomic E-state index is 0.721. The zero-order valence-electron chi connectivity index (χ0n) is 12.3. The predicted octanol–water partition coefficient (Wildman–Crippen LogP) is 4.76. The molecular weight excluding hydrogens is 386 g/mol. The molecule has 2 aromatic carbocycles. The minimum absolute atomic E-state index is 0.721. The number of rotatable bonds is 2. The zero-order valence-corrected chi connectivity index (χ0v) is 14.7. The third-order valence-electron chi connectivity index (χ3n) is 3.83. The van der Waals surface area contributed by atoms with E-state index in [9.17, 15) is 0 Å². The summed E-state index contributed by atoms with van der Waals surface area (Å²) in [5.41, 5.74) is 3.05. The predicted molar refractivity (Wildman–Crippen MR) is 99.1 cm³/mol. The van der Waals surface area contributed by atoms with Gasteiger partial charge in [-0.05, 0) is 24.3 Å². The normalized spacial score (nSPS) is 11.5. The van der Waals surface area contributed by atoms with Crippen LogP contribution >= 0.6 is 27.3 Å². The Morgan fingerprint density at radius 1 is 1.00 bits per heavy atom. The number of H-pyrrole nitrogens is 1. The van der Waals surface area contributed by atoms with Gasteiger partial charge in [0, 0.05) is 20.9 Å². The number of aromatic amines is 1. The van der Waals surface area contributed by atoms with Crippen molar-refractivity contribution in [2.45, 2.75) is 0 Å². The Morgan fingerprint density at radius 3 is 2.79 bits per heavy atom. The first-order valence-electron chi connectivity index (χ1n) is 7.34. The summed E-state index contributed by atoms with van der Waals surface area (Å²) in [6, 6.07) is 18.3. The third-order valence-corrected chi connectivity index (χ3v) is 5.27. The lowest BCUT2D eigenvalue weighted by molar-refractivity contribution is 0.965. The fourth-order valence-corrected chi connectivity index (χ4v) is 3.95. The third kappa shape index (κ3) is 2.16. The molecule has 3 aromatic heterocycles. The van der Waals surface area contributed by atoms with Gasteiger partial charge in [-0.15, -0.1) is 10.2 Å². The molecule has 0 radical (unpaired) electrons. The van der Waals surface area contributed by atoms with Crippen LogP contribution in [0.1, 0.15) is 0 Å². The number of benzene rings is 2. The highest BCUT2D eigenvalue weighted by atomic mass is 79.9. The standard InChI is InChI=1S/C17H10BrN5S/c18-12-6-3-5-11(8-12)16-22-23-15(20-21-17(23)24-16)14-9-10-4-1-2-7-13(10)19-14/h1-9,19H. The van der Waals surface area contributed by atoms with Gasteiger partial charge >= 0.3 is 0 Å². The highest BCUT2D eigenvalue weighted by molar-refractivity contribution is 9.10. The van der Waals surface area contributed by atoms with Crippen molar-refractivity contribution in [3.05, 3.63) is 59.1 Å². The Balaban J connectivity index is 1.67. The molecule has 0 fully saturated rings. The summed E-state index contributed by atoms with van der Waals surface area (Å²) in [5.74, 6) is 0.721. The molecule has 0 aliphatic carbocycles. The molecule has 0 saturated carbocycles. The van der Waals surface area contributed by atoms with Crippen molar-refractivity contribution in [3.8, 4) is 22.1 Å². The van der Waals surface area contributed by atoms with E-state index in [4.69, 9.17) is 5.10 Å². The molecule has 0 saturated heterocycles. The van der Waals surface area contributed by atoms with Crippen molar-refractivity contribution in [2.24, 2.45) is 0 Å². The van der Waals surface area contributed by atoms with Crippen LogP contribution in [0.4, 0.5) is 0 Å². The SMILES string of the molecule is Brc1cccc(-c2nn3c(-c4cc5ccccc5[nH]4)nnc3s2)c1. The molecular formula is C17H10BrN5S. The number of fused-ring (bicyclic) bond motifs is 2. The fraction of sp³-hybridized carbons (Fsp3) is 0. The molecule has 5 rings (SSSR count). The molecule has 3 heterocycles. The number of nitrogens with one attached hydrogen (secondary N) is 1. The Labute approximate surface area is 149 Å². The summed E-state index contributed by atoms with van der Waals surface area (Å²) in [7, 11) is 0. The van der Waals surface area contributed by atoms with Crippen molar-refractivity contribution in [1.82, 2.24) is 24.8 Å². The number of hydrogen-bond donors (Lipinski definition) is 1. The summed E-state index contributed by atoms with van der Waals surface area (Å²) in [6.45, 7) is 0. The number of halogens is 1. The van der Waals surface area contributed by atoms with Crippen LogP contribution in [-0.2, 0) is 0 Å². The maximum Gasteiger partial charge on any atom is 0.235 e. The highest BCUT2D eigenvalue weighted by Gasteiger charge is 2.16. The number of hydrogen-bond acceptors (Lipinski definition) is 4. The quantitative estimate of drug-likeness (QED) is 0.468. The van der Waals surface area contributed by atoms with Crippen LogP contribution in [0.3, 0.4) is 0 Å². The molecule has 0 bridgehead atoms. The molecule has 7 heteroatoms. The van der Waals surface area contributed by atoms with Gasteiger partial charge in [-0.2, -0.15) is 9.61 Å². The molecule has 0 aliphatic heterocycles. The summed E-state index contributed by atoms with van der Waals surface area (Å²) in [6.07, 6.45) is 0. The second-order valence-electron chi connectivity index (χ2n) is 5.41. The van der Waals surface area contributed by atoms with Gasteiger partial charge in [0.15, 0.2) is 0 Å². The molecule has 24 heavy (non-hydrogen) atoms. The molecule has 116 valence electrons. The largest absolute Gasteiger partial charge is 0.352 e. The highest BCUT2D eigenvalue weighted by Crippen LogP contribution is 2.30. The first-order chi connectivity index (χ1) is 11.8. The monoisotopic (exact) mass is 395 g/mol. The molecule has 0 spiro atoms. The van der Waals surface area contributed by atoms with Crippen LogP contribution in [-0.4, -0.2) is 24.8 Å². The van der Waals surface area contributed by atoms with Gasteiger partial charge in [-0.3, -0.25) is 0 Å². The van der Waals surface area contributed by atoms with E-state index in [1.165, 1.54) is 11.3 Å². The van der Waals surface area contributed by atoms with Crippen LogP contribution in [0.2, 0.25) is 0 Å².